The number of carbonyl (C=O) groups excluding carboxylic acids is 1. The lowest BCUT2D eigenvalue weighted by atomic mass is 10.00. The third kappa shape index (κ3) is 2.97. The molecule has 0 aliphatic carbocycles. The van der Waals surface area contributed by atoms with E-state index in [1.807, 2.05) is 12.1 Å². The summed E-state index contributed by atoms with van der Waals surface area (Å²) in [4.78, 5) is 17.8. The van der Waals surface area contributed by atoms with Crippen molar-refractivity contribution in [3.8, 4) is 0 Å². The maximum Gasteiger partial charge on any atom is 0.411 e. The predicted molar refractivity (Wildman–Crippen MR) is 81.5 cm³/mol. The maximum atomic E-state index is 11.1. The Labute approximate surface area is 123 Å². The lowest BCUT2D eigenvalue weighted by molar-refractivity contribution is 0.187. The van der Waals surface area contributed by atoms with Gasteiger partial charge in [-0.05, 0) is 29.7 Å². The zero-order valence-electron chi connectivity index (χ0n) is 11.9. The number of pyridine rings is 1. The summed E-state index contributed by atoms with van der Waals surface area (Å²) in [5, 5.41) is 2.60. The van der Waals surface area contributed by atoms with E-state index in [9.17, 15) is 4.79 Å². The molecule has 0 radical (unpaired) electrons. The molecule has 108 valence electrons. The van der Waals surface area contributed by atoms with Crippen molar-refractivity contribution in [2.75, 3.05) is 23.9 Å². The molecule has 0 unspecified atom stereocenters. The molecule has 1 aromatic carbocycles. The third-order valence-electron chi connectivity index (χ3n) is 3.63. The Morgan fingerprint density at radius 1 is 1.24 bits per heavy atom. The molecule has 0 spiro atoms. The normalized spacial score (nSPS) is 13.5. The largest absolute Gasteiger partial charge is 0.453 e. The number of rotatable bonds is 2. The topological polar surface area (TPSA) is 54.5 Å². The summed E-state index contributed by atoms with van der Waals surface area (Å²) in [5.74, 6) is 0.917. The number of ether oxygens (including phenoxy) is 1. The Balaban J connectivity index is 1.72. The van der Waals surface area contributed by atoms with Crippen LogP contribution in [0.1, 0.15) is 11.1 Å². The molecule has 1 amide bonds. The van der Waals surface area contributed by atoms with Crippen molar-refractivity contribution in [3.05, 3.63) is 53.7 Å². The first-order valence-electron chi connectivity index (χ1n) is 6.89. The van der Waals surface area contributed by atoms with Crippen LogP contribution in [-0.2, 0) is 17.7 Å². The average molecular weight is 283 g/mol. The minimum Gasteiger partial charge on any atom is -0.453 e. The minimum atomic E-state index is -0.489. The smallest absolute Gasteiger partial charge is 0.411 e. The van der Waals surface area contributed by atoms with Crippen molar-refractivity contribution in [2.24, 2.45) is 0 Å². The zero-order chi connectivity index (χ0) is 14.7. The fourth-order valence-corrected chi connectivity index (χ4v) is 2.51. The van der Waals surface area contributed by atoms with E-state index in [0.717, 1.165) is 25.3 Å². The molecule has 0 fully saturated rings. The highest BCUT2D eigenvalue weighted by atomic mass is 16.5. The molecule has 1 aliphatic heterocycles. The number of carbonyl (C=O) groups is 1. The summed E-state index contributed by atoms with van der Waals surface area (Å²) in [7, 11) is 1.34. The van der Waals surface area contributed by atoms with Crippen LogP contribution in [0.4, 0.5) is 16.3 Å². The maximum absolute atomic E-state index is 11.1. The molecule has 0 saturated heterocycles. The first-order valence-corrected chi connectivity index (χ1v) is 6.89. The second kappa shape index (κ2) is 5.83. The van der Waals surface area contributed by atoms with E-state index in [1.54, 1.807) is 6.20 Å². The Morgan fingerprint density at radius 3 is 2.76 bits per heavy atom. The standard InChI is InChI=1S/C16H17N3O2/c1-21-16(20)18-14-6-7-15(17-10-14)19-9-8-12-4-2-3-5-13(12)11-19/h2-7,10H,8-9,11H2,1H3,(H,18,20). The van der Waals surface area contributed by atoms with E-state index in [0.29, 0.717) is 5.69 Å². The van der Waals surface area contributed by atoms with Crippen molar-refractivity contribution in [2.45, 2.75) is 13.0 Å². The minimum absolute atomic E-state index is 0.489. The highest BCUT2D eigenvalue weighted by molar-refractivity contribution is 5.84. The molecular weight excluding hydrogens is 266 g/mol. The molecule has 1 N–H and O–H groups in total. The summed E-state index contributed by atoms with van der Waals surface area (Å²) in [6.45, 7) is 1.82. The molecule has 0 saturated carbocycles. The highest BCUT2D eigenvalue weighted by Gasteiger charge is 2.16. The average Bonchev–Trinajstić information content (AvgIpc) is 2.55. The third-order valence-corrected chi connectivity index (χ3v) is 3.63. The number of hydrogen-bond acceptors (Lipinski definition) is 4. The van der Waals surface area contributed by atoms with Gasteiger partial charge in [0.05, 0.1) is 19.0 Å². The van der Waals surface area contributed by atoms with Crippen LogP contribution in [0.3, 0.4) is 0 Å². The highest BCUT2D eigenvalue weighted by Crippen LogP contribution is 2.23. The van der Waals surface area contributed by atoms with Gasteiger partial charge in [-0.15, -0.1) is 0 Å². The Morgan fingerprint density at radius 2 is 2.05 bits per heavy atom. The molecule has 1 aliphatic rings. The predicted octanol–water partition coefficient (Wildman–Crippen LogP) is 2.82. The molecule has 1 aromatic heterocycles. The van der Waals surface area contributed by atoms with Crippen molar-refractivity contribution in [1.29, 1.82) is 0 Å². The first-order chi connectivity index (χ1) is 10.3. The number of amides is 1. The number of nitrogens with one attached hydrogen (secondary N) is 1. The number of methoxy groups -OCH3 is 1. The van der Waals surface area contributed by atoms with Crippen molar-refractivity contribution in [3.63, 3.8) is 0 Å². The molecule has 3 rings (SSSR count). The van der Waals surface area contributed by atoms with Crippen molar-refractivity contribution in [1.82, 2.24) is 4.98 Å². The fraction of sp³-hybridized carbons (Fsp3) is 0.250. The van der Waals surface area contributed by atoms with E-state index in [-0.39, 0.29) is 0 Å². The summed E-state index contributed by atoms with van der Waals surface area (Å²) < 4.78 is 4.55. The SMILES string of the molecule is COC(=O)Nc1ccc(N2CCc3ccccc3C2)nc1. The number of fused-ring (bicyclic) bond motifs is 1. The van der Waals surface area contributed by atoms with Crippen LogP contribution in [-0.4, -0.2) is 24.7 Å². The molecule has 2 heterocycles. The van der Waals surface area contributed by atoms with Crippen LogP contribution in [0, 0.1) is 0 Å². The van der Waals surface area contributed by atoms with Crippen LogP contribution in [0.25, 0.3) is 0 Å². The zero-order valence-corrected chi connectivity index (χ0v) is 11.9. The van der Waals surface area contributed by atoms with E-state index in [1.165, 1.54) is 18.2 Å². The van der Waals surface area contributed by atoms with Crippen LogP contribution in [0.5, 0.6) is 0 Å². The molecule has 5 heteroatoms. The summed E-state index contributed by atoms with van der Waals surface area (Å²) in [6, 6.07) is 12.2. The van der Waals surface area contributed by atoms with Gasteiger partial charge < -0.3 is 9.64 Å². The Bertz CT molecular complexity index is 640. The number of benzene rings is 1. The lowest BCUT2D eigenvalue weighted by Gasteiger charge is -2.29. The first kappa shape index (κ1) is 13.4. The van der Waals surface area contributed by atoms with Crippen molar-refractivity contribution >= 4 is 17.6 Å². The second-order valence-electron chi connectivity index (χ2n) is 4.96. The van der Waals surface area contributed by atoms with Gasteiger partial charge in [0.15, 0.2) is 0 Å². The lowest BCUT2D eigenvalue weighted by Crippen LogP contribution is -2.30. The van der Waals surface area contributed by atoms with E-state index < -0.39 is 6.09 Å². The van der Waals surface area contributed by atoms with Crippen LogP contribution >= 0.6 is 0 Å². The number of aromatic nitrogens is 1. The second-order valence-corrected chi connectivity index (χ2v) is 4.96. The van der Waals surface area contributed by atoms with Gasteiger partial charge in [0, 0.05) is 13.1 Å². The van der Waals surface area contributed by atoms with Gasteiger partial charge in [0.25, 0.3) is 0 Å². The van der Waals surface area contributed by atoms with Gasteiger partial charge in [-0.2, -0.15) is 0 Å². The van der Waals surface area contributed by atoms with Crippen LogP contribution < -0.4 is 10.2 Å². The quantitative estimate of drug-likeness (QED) is 0.920. The van der Waals surface area contributed by atoms with Crippen LogP contribution in [0.15, 0.2) is 42.6 Å². The number of nitrogens with zero attached hydrogens (tertiary/aromatic N) is 2. The molecular formula is C16H17N3O2. The van der Waals surface area contributed by atoms with Gasteiger partial charge in [0.2, 0.25) is 0 Å². The van der Waals surface area contributed by atoms with Gasteiger partial charge in [0.1, 0.15) is 5.82 Å². The monoisotopic (exact) mass is 283 g/mol. The van der Waals surface area contributed by atoms with Gasteiger partial charge in [-0.3, -0.25) is 5.32 Å². The Hall–Kier alpha value is -2.56. The van der Waals surface area contributed by atoms with Crippen LogP contribution in [0.2, 0.25) is 0 Å². The van der Waals surface area contributed by atoms with E-state index in [4.69, 9.17) is 0 Å². The molecule has 2 aromatic rings. The van der Waals surface area contributed by atoms with Gasteiger partial charge in [-0.25, -0.2) is 9.78 Å². The van der Waals surface area contributed by atoms with E-state index in [2.05, 4.69) is 44.2 Å². The summed E-state index contributed by atoms with van der Waals surface area (Å²) in [6.07, 6.45) is 2.18. The van der Waals surface area contributed by atoms with Gasteiger partial charge >= 0.3 is 6.09 Å². The summed E-state index contributed by atoms with van der Waals surface area (Å²) in [5.41, 5.74) is 3.39. The number of anilines is 2. The molecule has 5 nitrogen and oxygen atoms in total. The van der Waals surface area contributed by atoms with Gasteiger partial charge in [-0.1, -0.05) is 24.3 Å². The van der Waals surface area contributed by atoms with E-state index >= 15 is 0 Å². The fourth-order valence-electron chi connectivity index (χ4n) is 2.51. The molecule has 0 bridgehead atoms. The Kier molecular flexibility index (Phi) is 3.73. The molecule has 21 heavy (non-hydrogen) atoms. The number of hydrogen-bond donors (Lipinski definition) is 1. The molecule has 0 atom stereocenters. The van der Waals surface area contributed by atoms with Crippen molar-refractivity contribution < 1.29 is 9.53 Å². The summed E-state index contributed by atoms with van der Waals surface area (Å²) >= 11 is 0.